The molecule has 0 spiro atoms. The first-order chi connectivity index (χ1) is 10.9. The Hall–Kier alpha value is -1.99. The number of hydrogen-bond acceptors (Lipinski definition) is 5. The highest BCUT2D eigenvalue weighted by atomic mass is 32.1. The standard InChI is InChI=1S/C16H22N4O2S/c1-10(2)17-16(22)19-15(21)11(3)20(4)9-14-18-12-7-5-6-8-13(12)23-14/h5-8,10-11H,9H2,1-4H3,(H2,17,19,21,22). The molecule has 3 amide bonds. The average molecular weight is 334 g/mol. The van der Waals surface area contributed by atoms with Crippen molar-refractivity contribution in [3.05, 3.63) is 29.3 Å². The van der Waals surface area contributed by atoms with Gasteiger partial charge in [-0.3, -0.25) is 15.0 Å². The number of nitrogens with one attached hydrogen (secondary N) is 2. The molecular weight excluding hydrogens is 312 g/mol. The van der Waals surface area contributed by atoms with Gasteiger partial charge in [-0.25, -0.2) is 9.78 Å². The molecule has 1 atom stereocenters. The summed E-state index contributed by atoms with van der Waals surface area (Å²) in [6, 6.07) is 7.03. The summed E-state index contributed by atoms with van der Waals surface area (Å²) in [5.41, 5.74) is 0.967. The monoisotopic (exact) mass is 334 g/mol. The van der Waals surface area contributed by atoms with E-state index in [2.05, 4.69) is 15.6 Å². The van der Waals surface area contributed by atoms with Gasteiger partial charge in [0.15, 0.2) is 0 Å². The lowest BCUT2D eigenvalue weighted by atomic mass is 10.3. The summed E-state index contributed by atoms with van der Waals surface area (Å²) in [6.45, 7) is 6.00. The average Bonchev–Trinajstić information content (AvgIpc) is 2.87. The van der Waals surface area contributed by atoms with Crippen LogP contribution in [0, 0.1) is 0 Å². The predicted molar refractivity (Wildman–Crippen MR) is 92.4 cm³/mol. The lowest BCUT2D eigenvalue weighted by Gasteiger charge is -2.22. The zero-order valence-corrected chi connectivity index (χ0v) is 14.6. The number of urea groups is 1. The van der Waals surface area contributed by atoms with E-state index < -0.39 is 12.1 Å². The molecule has 7 heteroatoms. The minimum atomic E-state index is -0.467. The van der Waals surface area contributed by atoms with Crippen molar-refractivity contribution in [3.8, 4) is 0 Å². The van der Waals surface area contributed by atoms with Gasteiger partial charge in [-0.05, 0) is 40.0 Å². The van der Waals surface area contributed by atoms with Crippen molar-refractivity contribution in [2.24, 2.45) is 0 Å². The maximum atomic E-state index is 12.1. The molecule has 0 aliphatic carbocycles. The largest absolute Gasteiger partial charge is 0.336 e. The summed E-state index contributed by atoms with van der Waals surface area (Å²) in [4.78, 5) is 30.1. The first-order valence-corrected chi connectivity index (χ1v) is 8.34. The highest BCUT2D eigenvalue weighted by molar-refractivity contribution is 7.18. The Morgan fingerprint density at radius 2 is 1.96 bits per heavy atom. The Balaban J connectivity index is 1.94. The van der Waals surface area contributed by atoms with Gasteiger partial charge < -0.3 is 5.32 Å². The van der Waals surface area contributed by atoms with Gasteiger partial charge >= 0.3 is 6.03 Å². The fourth-order valence-corrected chi connectivity index (χ4v) is 3.08. The molecule has 124 valence electrons. The molecule has 2 rings (SSSR count). The Labute approximate surface area is 139 Å². The fourth-order valence-electron chi connectivity index (χ4n) is 2.05. The van der Waals surface area contributed by atoms with Crippen LogP contribution >= 0.6 is 11.3 Å². The summed E-state index contributed by atoms with van der Waals surface area (Å²) >= 11 is 1.61. The lowest BCUT2D eigenvalue weighted by Crippen LogP contribution is -2.49. The molecule has 1 unspecified atom stereocenters. The SMILES string of the molecule is CC(C)NC(=O)NC(=O)C(C)N(C)Cc1nc2ccccc2s1. The van der Waals surface area contributed by atoms with E-state index in [1.165, 1.54) is 0 Å². The second-order valence-corrected chi connectivity index (χ2v) is 6.90. The van der Waals surface area contributed by atoms with Crippen LogP contribution in [-0.4, -0.2) is 41.0 Å². The van der Waals surface area contributed by atoms with Crippen LogP contribution in [0.3, 0.4) is 0 Å². The van der Waals surface area contributed by atoms with Crippen molar-refractivity contribution in [2.45, 2.75) is 39.4 Å². The van der Waals surface area contributed by atoms with Crippen LogP contribution in [0.25, 0.3) is 10.2 Å². The molecule has 23 heavy (non-hydrogen) atoms. The van der Waals surface area contributed by atoms with Crippen LogP contribution in [-0.2, 0) is 11.3 Å². The number of nitrogens with zero attached hydrogens (tertiary/aromatic N) is 2. The number of imide groups is 1. The highest BCUT2D eigenvalue weighted by Crippen LogP contribution is 2.22. The molecule has 0 bridgehead atoms. The summed E-state index contributed by atoms with van der Waals surface area (Å²) in [5.74, 6) is -0.327. The maximum Gasteiger partial charge on any atom is 0.321 e. The van der Waals surface area contributed by atoms with Crippen molar-refractivity contribution in [1.82, 2.24) is 20.5 Å². The predicted octanol–water partition coefficient (Wildman–Crippen LogP) is 2.35. The fraction of sp³-hybridized carbons (Fsp3) is 0.438. The molecule has 6 nitrogen and oxygen atoms in total. The van der Waals surface area contributed by atoms with Gasteiger partial charge in [0.25, 0.3) is 0 Å². The van der Waals surface area contributed by atoms with Crippen LogP contribution in [0.5, 0.6) is 0 Å². The molecule has 1 aromatic heterocycles. The number of amides is 3. The number of carbonyl (C=O) groups is 2. The number of aromatic nitrogens is 1. The minimum absolute atomic E-state index is 0.0152. The topological polar surface area (TPSA) is 74.3 Å². The van der Waals surface area contributed by atoms with Crippen LogP contribution in [0.4, 0.5) is 4.79 Å². The normalized spacial score (nSPS) is 12.6. The number of thiazole rings is 1. The number of fused-ring (bicyclic) bond motifs is 1. The molecule has 0 saturated carbocycles. The third kappa shape index (κ3) is 4.74. The van der Waals surface area contributed by atoms with E-state index >= 15 is 0 Å². The van der Waals surface area contributed by atoms with Crippen LogP contribution in [0.1, 0.15) is 25.8 Å². The van der Waals surface area contributed by atoms with Crippen LogP contribution < -0.4 is 10.6 Å². The summed E-state index contributed by atoms with van der Waals surface area (Å²) in [7, 11) is 1.84. The van der Waals surface area contributed by atoms with Crippen LogP contribution in [0.2, 0.25) is 0 Å². The number of hydrogen-bond donors (Lipinski definition) is 2. The van der Waals surface area contributed by atoms with Gasteiger partial charge in [0.2, 0.25) is 5.91 Å². The molecule has 0 aliphatic heterocycles. The Morgan fingerprint density at radius 1 is 1.26 bits per heavy atom. The third-order valence-corrected chi connectivity index (χ3v) is 4.44. The molecule has 2 aromatic rings. The van der Waals surface area contributed by atoms with Gasteiger partial charge in [-0.1, -0.05) is 12.1 Å². The number of para-hydroxylation sites is 1. The second kappa shape index (κ2) is 7.52. The molecule has 0 fully saturated rings. The van der Waals surface area contributed by atoms with Gasteiger partial charge in [-0.2, -0.15) is 0 Å². The molecular formula is C16H22N4O2S. The number of rotatable bonds is 5. The first kappa shape index (κ1) is 17.4. The smallest absolute Gasteiger partial charge is 0.321 e. The van der Waals surface area contributed by atoms with Gasteiger partial charge in [0.05, 0.1) is 22.8 Å². The molecule has 1 heterocycles. The van der Waals surface area contributed by atoms with E-state index in [0.29, 0.717) is 6.54 Å². The van der Waals surface area contributed by atoms with Crippen molar-refractivity contribution < 1.29 is 9.59 Å². The van der Waals surface area contributed by atoms with E-state index in [4.69, 9.17) is 0 Å². The molecule has 1 aromatic carbocycles. The second-order valence-electron chi connectivity index (χ2n) is 5.78. The van der Waals surface area contributed by atoms with Gasteiger partial charge in [-0.15, -0.1) is 11.3 Å². The maximum absolute atomic E-state index is 12.1. The van der Waals surface area contributed by atoms with E-state index in [1.54, 1.807) is 18.3 Å². The number of likely N-dealkylation sites (N-methyl/N-ethyl adjacent to an activating group) is 1. The summed E-state index contributed by atoms with van der Waals surface area (Å²) < 4.78 is 1.13. The van der Waals surface area contributed by atoms with Crippen LogP contribution in [0.15, 0.2) is 24.3 Å². The Morgan fingerprint density at radius 3 is 2.61 bits per heavy atom. The van der Waals surface area contributed by atoms with Crippen molar-refractivity contribution in [1.29, 1.82) is 0 Å². The van der Waals surface area contributed by atoms with Gasteiger partial charge in [0.1, 0.15) is 5.01 Å². The molecule has 0 radical (unpaired) electrons. The van der Waals surface area contributed by atoms with E-state index in [-0.39, 0.29) is 11.9 Å². The lowest BCUT2D eigenvalue weighted by molar-refractivity contribution is -0.124. The summed E-state index contributed by atoms with van der Waals surface area (Å²) in [5, 5.41) is 5.94. The quantitative estimate of drug-likeness (QED) is 0.880. The van der Waals surface area contributed by atoms with E-state index in [1.807, 2.05) is 50.1 Å². The Kier molecular flexibility index (Phi) is 5.68. The third-order valence-electron chi connectivity index (χ3n) is 3.42. The number of carbonyl (C=O) groups excluding carboxylic acids is 2. The van der Waals surface area contributed by atoms with Crippen molar-refractivity contribution in [2.75, 3.05) is 7.05 Å². The van der Waals surface area contributed by atoms with Crippen molar-refractivity contribution >= 4 is 33.5 Å². The molecule has 2 N–H and O–H groups in total. The first-order valence-electron chi connectivity index (χ1n) is 7.53. The zero-order chi connectivity index (χ0) is 17.0. The molecule has 0 saturated heterocycles. The van der Waals surface area contributed by atoms with Crippen molar-refractivity contribution in [3.63, 3.8) is 0 Å². The molecule has 0 aliphatic rings. The minimum Gasteiger partial charge on any atom is -0.336 e. The van der Waals surface area contributed by atoms with E-state index in [0.717, 1.165) is 15.2 Å². The Bertz CT molecular complexity index is 665. The highest BCUT2D eigenvalue weighted by Gasteiger charge is 2.21. The number of benzene rings is 1. The van der Waals surface area contributed by atoms with E-state index in [9.17, 15) is 9.59 Å². The summed E-state index contributed by atoms with van der Waals surface area (Å²) in [6.07, 6.45) is 0. The van der Waals surface area contributed by atoms with Gasteiger partial charge in [0, 0.05) is 6.04 Å². The zero-order valence-electron chi connectivity index (χ0n) is 13.8.